The first-order valence-corrected chi connectivity index (χ1v) is 5.38. The van der Waals surface area contributed by atoms with Crippen molar-refractivity contribution < 1.29 is 14.6 Å². The van der Waals surface area contributed by atoms with E-state index in [2.05, 4.69) is 10.2 Å². The molecule has 1 aromatic heterocycles. The molecule has 0 amide bonds. The molecule has 5 nitrogen and oxygen atoms in total. The Morgan fingerprint density at radius 1 is 1.28 bits per heavy atom. The van der Waals surface area contributed by atoms with E-state index in [4.69, 9.17) is 9.84 Å². The van der Waals surface area contributed by atoms with Gasteiger partial charge in [-0.2, -0.15) is 5.10 Å². The molecule has 0 aliphatic rings. The van der Waals surface area contributed by atoms with Gasteiger partial charge in [0.2, 0.25) is 0 Å². The highest BCUT2D eigenvalue weighted by Gasteiger charge is 2.14. The molecule has 0 saturated heterocycles. The van der Waals surface area contributed by atoms with Crippen molar-refractivity contribution in [1.82, 2.24) is 10.2 Å². The minimum atomic E-state index is -1.09. The van der Waals surface area contributed by atoms with Gasteiger partial charge in [-0.3, -0.25) is 0 Å². The van der Waals surface area contributed by atoms with E-state index in [1.54, 1.807) is 0 Å². The molecule has 0 spiro atoms. The van der Waals surface area contributed by atoms with Crippen molar-refractivity contribution in [2.75, 3.05) is 0 Å². The predicted molar refractivity (Wildman–Crippen MR) is 65.0 cm³/mol. The number of benzene rings is 1. The van der Waals surface area contributed by atoms with Crippen LogP contribution in [0.5, 0.6) is 11.6 Å². The van der Waals surface area contributed by atoms with Crippen LogP contribution in [0.3, 0.4) is 0 Å². The van der Waals surface area contributed by atoms with Crippen LogP contribution in [0.4, 0.5) is 0 Å². The maximum absolute atomic E-state index is 11.0. The SMILES string of the molecule is Cc1ccc(C)c(Oc2nnccc2C(=O)O)c1. The zero-order valence-corrected chi connectivity index (χ0v) is 10.0. The number of rotatable bonds is 3. The average molecular weight is 244 g/mol. The maximum Gasteiger partial charge on any atom is 0.341 e. The molecule has 0 atom stereocenters. The second-order valence-electron chi connectivity index (χ2n) is 3.93. The van der Waals surface area contributed by atoms with E-state index in [1.165, 1.54) is 12.3 Å². The van der Waals surface area contributed by atoms with Crippen molar-refractivity contribution >= 4 is 5.97 Å². The van der Waals surface area contributed by atoms with Crippen LogP contribution < -0.4 is 4.74 Å². The number of hydrogen-bond acceptors (Lipinski definition) is 4. The van der Waals surface area contributed by atoms with E-state index in [-0.39, 0.29) is 11.4 Å². The molecule has 0 aliphatic carbocycles. The van der Waals surface area contributed by atoms with E-state index in [0.29, 0.717) is 5.75 Å². The van der Waals surface area contributed by atoms with E-state index in [9.17, 15) is 4.79 Å². The summed E-state index contributed by atoms with van der Waals surface area (Å²) in [6.45, 7) is 3.81. The molecule has 0 aliphatic heterocycles. The molecule has 1 heterocycles. The fraction of sp³-hybridized carbons (Fsp3) is 0.154. The van der Waals surface area contributed by atoms with Gasteiger partial charge >= 0.3 is 5.97 Å². The Hall–Kier alpha value is -2.43. The molecule has 0 bridgehead atoms. The first-order valence-electron chi connectivity index (χ1n) is 5.38. The lowest BCUT2D eigenvalue weighted by molar-refractivity contribution is 0.0693. The molecular weight excluding hydrogens is 232 g/mol. The number of ether oxygens (including phenoxy) is 1. The number of nitrogens with zero attached hydrogens (tertiary/aromatic N) is 2. The molecule has 2 rings (SSSR count). The summed E-state index contributed by atoms with van der Waals surface area (Å²) < 4.78 is 5.53. The van der Waals surface area contributed by atoms with Gasteiger partial charge in [0.1, 0.15) is 11.3 Å². The fourth-order valence-corrected chi connectivity index (χ4v) is 1.48. The molecule has 1 N–H and O–H groups in total. The third-order valence-corrected chi connectivity index (χ3v) is 2.47. The molecule has 1 aromatic carbocycles. The van der Waals surface area contributed by atoms with Gasteiger partial charge in [-0.25, -0.2) is 4.79 Å². The van der Waals surface area contributed by atoms with Crippen molar-refractivity contribution in [2.24, 2.45) is 0 Å². The number of carbonyl (C=O) groups is 1. The summed E-state index contributed by atoms with van der Waals surface area (Å²) in [5.41, 5.74) is 1.92. The van der Waals surface area contributed by atoms with E-state index >= 15 is 0 Å². The van der Waals surface area contributed by atoms with Crippen LogP contribution in [-0.2, 0) is 0 Å². The lowest BCUT2D eigenvalue weighted by atomic mass is 10.1. The van der Waals surface area contributed by atoms with E-state index < -0.39 is 5.97 Å². The summed E-state index contributed by atoms with van der Waals surface area (Å²) in [6, 6.07) is 7.05. The summed E-state index contributed by atoms with van der Waals surface area (Å²) in [5, 5.41) is 16.4. The second-order valence-corrected chi connectivity index (χ2v) is 3.93. The topological polar surface area (TPSA) is 72.3 Å². The van der Waals surface area contributed by atoms with Crippen molar-refractivity contribution in [3.63, 3.8) is 0 Å². The van der Waals surface area contributed by atoms with Crippen molar-refractivity contribution in [2.45, 2.75) is 13.8 Å². The highest BCUT2D eigenvalue weighted by Crippen LogP contribution is 2.26. The van der Waals surface area contributed by atoms with Crippen molar-refractivity contribution in [1.29, 1.82) is 0 Å². The molecule has 0 radical (unpaired) electrons. The molecule has 18 heavy (non-hydrogen) atoms. The van der Waals surface area contributed by atoms with Gasteiger partial charge in [0, 0.05) is 0 Å². The summed E-state index contributed by atoms with van der Waals surface area (Å²) in [4.78, 5) is 11.0. The molecule has 5 heteroatoms. The molecule has 0 fully saturated rings. The third kappa shape index (κ3) is 2.45. The minimum Gasteiger partial charge on any atom is -0.477 e. The molecular formula is C13H12N2O3. The number of aromatic nitrogens is 2. The van der Waals surface area contributed by atoms with Crippen LogP contribution in [0.15, 0.2) is 30.5 Å². The van der Waals surface area contributed by atoms with Crippen LogP contribution in [-0.4, -0.2) is 21.3 Å². The van der Waals surface area contributed by atoms with Crippen LogP contribution in [0, 0.1) is 13.8 Å². The average Bonchev–Trinajstić information content (AvgIpc) is 2.34. The summed E-state index contributed by atoms with van der Waals surface area (Å²) in [5.74, 6) is -0.512. The third-order valence-electron chi connectivity index (χ3n) is 2.47. The number of aryl methyl sites for hydroxylation is 2. The monoisotopic (exact) mass is 244 g/mol. The summed E-state index contributed by atoms with van der Waals surface area (Å²) >= 11 is 0. The smallest absolute Gasteiger partial charge is 0.341 e. The Kier molecular flexibility index (Phi) is 3.23. The van der Waals surface area contributed by atoms with Crippen LogP contribution in [0.2, 0.25) is 0 Å². The van der Waals surface area contributed by atoms with Gasteiger partial charge in [0.25, 0.3) is 5.88 Å². The van der Waals surface area contributed by atoms with Crippen molar-refractivity contribution in [3.8, 4) is 11.6 Å². The lowest BCUT2D eigenvalue weighted by Crippen LogP contribution is -2.03. The number of carboxylic acid groups (broad SMARTS) is 1. The van der Waals surface area contributed by atoms with E-state index in [0.717, 1.165) is 11.1 Å². The Morgan fingerprint density at radius 3 is 2.78 bits per heavy atom. The Balaban J connectivity index is 2.40. The minimum absolute atomic E-state index is 0.00120. The number of aromatic carboxylic acids is 1. The zero-order chi connectivity index (χ0) is 13.1. The highest BCUT2D eigenvalue weighted by molar-refractivity contribution is 5.90. The second kappa shape index (κ2) is 4.83. The van der Waals surface area contributed by atoms with Gasteiger partial charge in [-0.1, -0.05) is 12.1 Å². The van der Waals surface area contributed by atoms with Gasteiger partial charge in [0.05, 0.1) is 6.20 Å². The lowest BCUT2D eigenvalue weighted by Gasteiger charge is -2.09. The Labute approximate surface area is 104 Å². The van der Waals surface area contributed by atoms with Crippen LogP contribution in [0.1, 0.15) is 21.5 Å². The van der Waals surface area contributed by atoms with E-state index in [1.807, 2.05) is 32.0 Å². The first-order chi connectivity index (χ1) is 8.58. The van der Waals surface area contributed by atoms with Gasteiger partial charge in [-0.15, -0.1) is 5.10 Å². The summed E-state index contributed by atoms with van der Waals surface area (Å²) in [6.07, 6.45) is 1.32. The molecule has 2 aromatic rings. The standard InChI is InChI=1S/C13H12N2O3/c1-8-3-4-9(2)11(7-8)18-12-10(13(16)17)5-6-14-15-12/h3-7H,1-2H3,(H,16,17). The Bertz CT molecular complexity index is 597. The largest absolute Gasteiger partial charge is 0.477 e. The quantitative estimate of drug-likeness (QED) is 0.898. The van der Waals surface area contributed by atoms with Crippen LogP contribution in [0.25, 0.3) is 0 Å². The molecule has 0 unspecified atom stereocenters. The highest BCUT2D eigenvalue weighted by atomic mass is 16.5. The molecule has 92 valence electrons. The fourth-order valence-electron chi connectivity index (χ4n) is 1.48. The van der Waals surface area contributed by atoms with Crippen LogP contribution >= 0.6 is 0 Å². The number of hydrogen-bond donors (Lipinski definition) is 1. The first kappa shape index (κ1) is 12.0. The van der Waals surface area contributed by atoms with Gasteiger partial charge in [-0.05, 0) is 37.1 Å². The Morgan fingerprint density at radius 2 is 2.06 bits per heavy atom. The van der Waals surface area contributed by atoms with Gasteiger partial charge in [0.15, 0.2) is 0 Å². The zero-order valence-electron chi connectivity index (χ0n) is 10.0. The molecule has 0 saturated carbocycles. The number of carboxylic acids is 1. The normalized spacial score (nSPS) is 10.1. The summed E-state index contributed by atoms with van der Waals surface area (Å²) in [7, 11) is 0. The van der Waals surface area contributed by atoms with Crippen molar-refractivity contribution in [3.05, 3.63) is 47.2 Å². The maximum atomic E-state index is 11.0. The van der Waals surface area contributed by atoms with Gasteiger partial charge < -0.3 is 9.84 Å². The predicted octanol–water partition coefficient (Wildman–Crippen LogP) is 2.58.